The molecule has 2 N–H and O–H groups in total. The lowest BCUT2D eigenvalue weighted by atomic mass is 10.2. The van der Waals surface area contributed by atoms with Crippen LogP contribution in [0.2, 0.25) is 0 Å². The van der Waals surface area contributed by atoms with E-state index in [2.05, 4.69) is 9.72 Å². The van der Waals surface area contributed by atoms with Gasteiger partial charge in [-0.05, 0) is 17.7 Å². The van der Waals surface area contributed by atoms with E-state index in [1.165, 1.54) is 7.11 Å². The van der Waals surface area contributed by atoms with Crippen molar-refractivity contribution in [2.24, 2.45) is 0 Å². The maximum absolute atomic E-state index is 11.7. The molecule has 0 unspecified atom stereocenters. The number of esters is 1. The molecule has 22 heavy (non-hydrogen) atoms. The molecule has 6 heteroatoms. The van der Waals surface area contributed by atoms with Crippen molar-refractivity contribution in [3.05, 3.63) is 59.9 Å². The number of hydrogen-bond acceptors (Lipinski definition) is 5. The van der Waals surface area contributed by atoms with Crippen molar-refractivity contribution >= 4 is 17.4 Å². The van der Waals surface area contributed by atoms with Gasteiger partial charge in [0, 0.05) is 6.20 Å². The van der Waals surface area contributed by atoms with E-state index >= 15 is 0 Å². The van der Waals surface area contributed by atoms with Crippen molar-refractivity contribution in [3.63, 3.8) is 0 Å². The maximum Gasteiger partial charge on any atom is 0.360 e. The van der Waals surface area contributed by atoms with Gasteiger partial charge in [0.25, 0.3) is 0 Å². The molecule has 0 radical (unpaired) electrons. The predicted octanol–water partition coefficient (Wildman–Crippen LogP) is 2.28. The first-order chi connectivity index (χ1) is 10.7. The Hall–Kier alpha value is -3.02. The standard InChI is InChI=1S/C16H15N3O3/c1-21-16(20)13-14(17)19-9-5-8-12(15(19)18-13)22-10-11-6-3-2-4-7-11/h2-9H,10,17H2,1H3. The van der Waals surface area contributed by atoms with Crippen LogP contribution in [0.4, 0.5) is 5.82 Å². The first-order valence-electron chi connectivity index (χ1n) is 6.72. The molecule has 1 aromatic carbocycles. The van der Waals surface area contributed by atoms with Gasteiger partial charge >= 0.3 is 5.97 Å². The monoisotopic (exact) mass is 297 g/mol. The minimum atomic E-state index is -0.574. The number of aromatic nitrogens is 2. The van der Waals surface area contributed by atoms with Crippen molar-refractivity contribution in [1.82, 2.24) is 9.38 Å². The van der Waals surface area contributed by atoms with Crippen LogP contribution in [-0.4, -0.2) is 22.5 Å². The summed E-state index contributed by atoms with van der Waals surface area (Å²) >= 11 is 0. The van der Waals surface area contributed by atoms with Crippen LogP contribution in [0.5, 0.6) is 5.75 Å². The zero-order valence-electron chi connectivity index (χ0n) is 12.0. The van der Waals surface area contributed by atoms with Crippen LogP contribution in [0.1, 0.15) is 16.1 Å². The molecule has 0 saturated carbocycles. The number of fused-ring (bicyclic) bond motifs is 1. The number of carbonyl (C=O) groups is 1. The number of nitrogen functional groups attached to an aromatic ring is 1. The smallest absolute Gasteiger partial charge is 0.360 e. The predicted molar refractivity (Wildman–Crippen MR) is 81.7 cm³/mol. The Bertz CT molecular complexity index is 812. The zero-order chi connectivity index (χ0) is 15.5. The Morgan fingerprint density at radius 1 is 1.23 bits per heavy atom. The highest BCUT2D eigenvalue weighted by atomic mass is 16.5. The molecular weight excluding hydrogens is 282 g/mol. The molecule has 2 heterocycles. The molecule has 0 fully saturated rings. The maximum atomic E-state index is 11.7. The van der Waals surface area contributed by atoms with Gasteiger partial charge in [0.15, 0.2) is 17.1 Å². The van der Waals surface area contributed by atoms with Gasteiger partial charge in [-0.25, -0.2) is 9.78 Å². The number of benzene rings is 1. The minimum absolute atomic E-state index is 0.0817. The highest BCUT2D eigenvalue weighted by molar-refractivity contribution is 5.93. The Balaban J connectivity index is 1.95. The molecule has 3 aromatic rings. The number of hydrogen-bond donors (Lipinski definition) is 1. The van der Waals surface area contributed by atoms with Crippen LogP contribution in [0, 0.1) is 0 Å². The minimum Gasteiger partial charge on any atom is -0.485 e. The Morgan fingerprint density at radius 3 is 2.73 bits per heavy atom. The first kappa shape index (κ1) is 13.9. The van der Waals surface area contributed by atoms with E-state index in [4.69, 9.17) is 10.5 Å². The Morgan fingerprint density at radius 2 is 2.00 bits per heavy atom. The van der Waals surface area contributed by atoms with Gasteiger partial charge in [0.1, 0.15) is 12.4 Å². The van der Waals surface area contributed by atoms with Crippen LogP contribution in [0.25, 0.3) is 5.65 Å². The fourth-order valence-corrected chi connectivity index (χ4v) is 2.16. The molecule has 0 atom stereocenters. The summed E-state index contributed by atoms with van der Waals surface area (Å²) in [5.74, 6) is 0.204. The number of nitrogens with zero attached hydrogens (tertiary/aromatic N) is 2. The second kappa shape index (κ2) is 5.77. The normalized spacial score (nSPS) is 10.6. The molecular formula is C16H15N3O3. The molecule has 3 rings (SSSR count). The average Bonchev–Trinajstić information content (AvgIpc) is 2.91. The second-order valence-corrected chi connectivity index (χ2v) is 4.68. The van der Waals surface area contributed by atoms with Gasteiger partial charge in [-0.3, -0.25) is 4.40 Å². The van der Waals surface area contributed by atoms with E-state index in [0.717, 1.165) is 5.56 Å². The SMILES string of the molecule is COC(=O)c1nc2c(OCc3ccccc3)cccn2c1N. The number of carbonyl (C=O) groups excluding carboxylic acids is 1. The molecule has 112 valence electrons. The number of rotatable bonds is 4. The molecule has 6 nitrogen and oxygen atoms in total. The molecule has 2 aromatic heterocycles. The van der Waals surface area contributed by atoms with Crippen molar-refractivity contribution in [3.8, 4) is 5.75 Å². The molecule has 0 aliphatic heterocycles. The molecule has 0 saturated heterocycles. The highest BCUT2D eigenvalue weighted by Gasteiger charge is 2.19. The summed E-state index contributed by atoms with van der Waals surface area (Å²) < 4.78 is 12.1. The summed E-state index contributed by atoms with van der Waals surface area (Å²) in [7, 11) is 1.29. The van der Waals surface area contributed by atoms with E-state index in [1.807, 2.05) is 30.3 Å². The van der Waals surface area contributed by atoms with E-state index in [0.29, 0.717) is 18.0 Å². The van der Waals surface area contributed by atoms with E-state index in [1.54, 1.807) is 22.7 Å². The number of anilines is 1. The zero-order valence-corrected chi connectivity index (χ0v) is 12.0. The van der Waals surface area contributed by atoms with Crippen LogP contribution < -0.4 is 10.5 Å². The Kier molecular flexibility index (Phi) is 3.65. The summed E-state index contributed by atoms with van der Waals surface area (Å²) in [6.07, 6.45) is 1.72. The van der Waals surface area contributed by atoms with Crippen molar-refractivity contribution in [2.75, 3.05) is 12.8 Å². The van der Waals surface area contributed by atoms with E-state index in [-0.39, 0.29) is 11.5 Å². The fraction of sp³-hybridized carbons (Fsp3) is 0.125. The number of methoxy groups -OCH3 is 1. The number of pyridine rings is 1. The van der Waals surface area contributed by atoms with Crippen LogP contribution >= 0.6 is 0 Å². The summed E-state index contributed by atoms with van der Waals surface area (Å²) in [5, 5.41) is 0. The van der Waals surface area contributed by atoms with Crippen molar-refractivity contribution in [1.29, 1.82) is 0 Å². The van der Waals surface area contributed by atoms with Crippen LogP contribution in [-0.2, 0) is 11.3 Å². The lowest BCUT2D eigenvalue weighted by molar-refractivity contribution is 0.0596. The quantitative estimate of drug-likeness (QED) is 0.747. The summed E-state index contributed by atoms with van der Waals surface area (Å²) in [4.78, 5) is 15.9. The summed E-state index contributed by atoms with van der Waals surface area (Å²) in [6, 6.07) is 13.4. The lowest BCUT2D eigenvalue weighted by Crippen LogP contribution is -2.05. The van der Waals surface area contributed by atoms with Gasteiger partial charge < -0.3 is 15.2 Å². The van der Waals surface area contributed by atoms with Gasteiger partial charge in [0.05, 0.1) is 7.11 Å². The first-order valence-corrected chi connectivity index (χ1v) is 6.72. The van der Waals surface area contributed by atoms with Gasteiger partial charge in [-0.15, -0.1) is 0 Å². The largest absolute Gasteiger partial charge is 0.485 e. The van der Waals surface area contributed by atoms with Crippen LogP contribution in [0.15, 0.2) is 48.7 Å². The van der Waals surface area contributed by atoms with Crippen molar-refractivity contribution < 1.29 is 14.3 Å². The number of imidazole rings is 1. The van der Waals surface area contributed by atoms with E-state index in [9.17, 15) is 4.79 Å². The molecule has 0 spiro atoms. The molecule has 0 bridgehead atoms. The van der Waals surface area contributed by atoms with E-state index < -0.39 is 5.97 Å². The summed E-state index contributed by atoms with van der Waals surface area (Å²) in [6.45, 7) is 0.404. The average molecular weight is 297 g/mol. The third kappa shape index (κ3) is 2.46. The topological polar surface area (TPSA) is 78.8 Å². The Labute approximate surface area is 127 Å². The van der Waals surface area contributed by atoms with Gasteiger partial charge in [0.2, 0.25) is 0 Å². The highest BCUT2D eigenvalue weighted by Crippen LogP contribution is 2.24. The molecule has 0 aliphatic rings. The van der Waals surface area contributed by atoms with Gasteiger partial charge in [-0.1, -0.05) is 30.3 Å². The second-order valence-electron chi connectivity index (χ2n) is 4.68. The molecule has 0 amide bonds. The third-order valence-corrected chi connectivity index (χ3v) is 3.27. The molecule has 0 aliphatic carbocycles. The fourth-order valence-electron chi connectivity index (χ4n) is 2.16. The summed E-state index contributed by atoms with van der Waals surface area (Å²) in [5.41, 5.74) is 7.54. The number of nitrogens with two attached hydrogens (primary N) is 1. The number of ether oxygens (including phenoxy) is 2. The van der Waals surface area contributed by atoms with Gasteiger partial charge in [-0.2, -0.15) is 0 Å². The van der Waals surface area contributed by atoms with Crippen LogP contribution in [0.3, 0.4) is 0 Å². The van der Waals surface area contributed by atoms with Crippen molar-refractivity contribution in [2.45, 2.75) is 6.61 Å². The lowest BCUT2D eigenvalue weighted by Gasteiger charge is -2.07. The third-order valence-electron chi connectivity index (χ3n) is 3.27.